The number of carbonyl (C=O) groups excluding carboxylic acids is 1. The molecule has 1 aromatic carbocycles. The average molecular weight is 386 g/mol. The lowest BCUT2D eigenvalue weighted by atomic mass is 10.1. The number of fused-ring (bicyclic) bond motifs is 1. The van der Waals surface area contributed by atoms with Crippen LogP contribution in [0.1, 0.15) is 22.9 Å². The summed E-state index contributed by atoms with van der Waals surface area (Å²) in [6, 6.07) is 10.1. The summed E-state index contributed by atoms with van der Waals surface area (Å²) >= 11 is 3.18. The van der Waals surface area contributed by atoms with Crippen molar-refractivity contribution in [1.29, 1.82) is 0 Å². The summed E-state index contributed by atoms with van der Waals surface area (Å²) in [6.45, 7) is 5.43. The molecule has 0 saturated heterocycles. The van der Waals surface area contributed by atoms with Crippen LogP contribution < -0.4 is 0 Å². The number of tetrazole rings is 1. The first-order valence-electron chi connectivity index (χ1n) is 8.48. The molecule has 0 bridgehead atoms. The van der Waals surface area contributed by atoms with Crippen molar-refractivity contribution in [2.75, 3.05) is 6.54 Å². The normalized spacial score (nSPS) is 14.9. The Bertz CT molecular complexity index is 935. The Morgan fingerprint density at radius 1 is 1.35 bits per heavy atom. The Morgan fingerprint density at radius 2 is 2.23 bits per heavy atom. The molecule has 0 saturated carbocycles. The number of carbonyl (C=O) groups is 1. The van der Waals surface area contributed by atoms with Gasteiger partial charge < -0.3 is 4.90 Å². The van der Waals surface area contributed by atoms with E-state index < -0.39 is 0 Å². The standard InChI is InChI=1S/C18H19N5OS2/c1-12-4-3-5-15(10-12)23-18(19-20-21-23)26-13(2)17(24)22-8-6-16-14(11-22)7-9-25-16/h3-5,7,9-10,13H,6,8,11H2,1-2H3. The second-order valence-corrected chi connectivity index (χ2v) is 8.66. The number of aryl methyl sites for hydroxylation is 1. The third-order valence-corrected chi connectivity index (χ3v) is 6.48. The molecule has 8 heteroatoms. The van der Waals surface area contributed by atoms with Gasteiger partial charge in [-0.3, -0.25) is 4.79 Å². The number of nitrogens with zero attached hydrogens (tertiary/aromatic N) is 5. The van der Waals surface area contributed by atoms with E-state index in [0.29, 0.717) is 11.7 Å². The van der Waals surface area contributed by atoms with Gasteiger partial charge in [0.25, 0.3) is 0 Å². The summed E-state index contributed by atoms with van der Waals surface area (Å²) in [6.07, 6.45) is 0.942. The molecule has 1 atom stereocenters. The summed E-state index contributed by atoms with van der Waals surface area (Å²) in [4.78, 5) is 16.2. The van der Waals surface area contributed by atoms with Crippen molar-refractivity contribution < 1.29 is 4.79 Å². The lowest BCUT2D eigenvalue weighted by molar-refractivity contribution is -0.131. The molecule has 134 valence electrons. The van der Waals surface area contributed by atoms with Gasteiger partial charge in [-0.25, -0.2) is 0 Å². The smallest absolute Gasteiger partial charge is 0.236 e. The molecule has 4 rings (SSSR count). The van der Waals surface area contributed by atoms with Crippen LogP contribution in [0, 0.1) is 6.92 Å². The first kappa shape index (κ1) is 17.2. The molecule has 1 amide bonds. The minimum atomic E-state index is -0.246. The van der Waals surface area contributed by atoms with Crippen LogP contribution in [0.3, 0.4) is 0 Å². The van der Waals surface area contributed by atoms with E-state index in [4.69, 9.17) is 0 Å². The predicted molar refractivity (Wildman–Crippen MR) is 103 cm³/mol. The van der Waals surface area contributed by atoms with Gasteiger partial charge in [-0.1, -0.05) is 23.9 Å². The largest absolute Gasteiger partial charge is 0.337 e. The molecular formula is C18H19N5OS2. The highest BCUT2D eigenvalue weighted by Crippen LogP contribution is 2.28. The zero-order valence-electron chi connectivity index (χ0n) is 14.6. The minimum Gasteiger partial charge on any atom is -0.337 e. The van der Waals surface area contributed by atoms with E-state index in [9.17, 15) is 4.79 Å². The summed E-state index contributed by atoms with van der Waals surface area (Å²) in [5.41, 5.74) is 3.31. The number of thiophene rings is 1. The maximum atomic E-state index is 12.9. The van der Waals surface area contributed by atoms with Crippen molar-refractivity contribution in [3.05, 3.63) is 51.7 Å². The maximum Gasteiger partial charge on any atom is 0.236 e. The lowest BCUT2D eigenvalue weighted by Crippen LogP contribution is -2.39. The molecule has 0 spiro atoms. The van der Waals surface area contributed by atoms with Crippen molar-refractivity contribution >= 4 is 29.0 Å². The van der Waals surface area contributed by atoms with Crippen LogP contribution in [-0.2, 0) is 17.8 Å². The molecule has 6 nitrogen and oxygen atoms in total. The van der Waals surface area contributed by atoms with Crippen LogP contribution in [0.15, 0.2) is 40.9 Å². The van der Waals surface area contributed by atoms with Crippen LogP contribution in [0.2, 0.25) is 0 Å². The van der Waals surface area contributed by atoms with E-state index >= 15 is 0 Å². The van der Waals surface area contributed by atoms with Gasteiger partial charge in [0.05, 0.1) is 10.9 Å². The first-order valence-corrected chi connectivity index (χ1v) is 10.2. The summed E-state index contributed by atoms with van der Waals surface area (Å²) < 4.78 is 1.69. The molecular weight excluding hydrogens is 366 g/mol. The van der Waals surface area contributed by atoms with Crippen molar-refractivity contribution in [2.24, 2.45) is 0 Å². The van der Waals surface area contributed by atoms with Crippen molar-refractivity contribution in [2.45, 2.75) is 37.2 Å². The van der Waals surface area contributed by atoms with E-state index in [2.05, 4.69) is 27.0 Å². The van der Waals surface area contributed by atoms with Gasteiger partial charge in [0.1, 0.15) is 0 Å². The molecule has 0 radical (unpaired) electrons. The van der Waals surface area contributed by atoms with Crippen LogP contribution in [0.5, 0.6) is 0 Å². The fourth-order valence-electron chi connectivity index (χ4n) is 3.08. The van der Waals surface area contributed by atoms with E-state index in [1.807, 2.05) is 43.0 Å². The number of amides is 1. The van der Waals surface area contributed by atoms with E-state index in [-0.39, 0.29) is 11.2 Å². The highest BCUT2D eigenvalue weighted by atomic mass is 32.2. The number of benzene rings is 1. The molecule has 26 heavy (non-hydrogen) atoms. The van der Waals surface area contributed by atoms with Crippen molar-refractivity contribution in [3.63, 3.8) is 0 Å². The molecule has 0 N–H and O–H groups in total. The molecule has 1 unspecified atom stereocenters. The first-order chi connectivity index (χ1) is 12.6. The van der Waals surface area contributed by atoms with Crippen molar-refractivity contribution in [3.8, 4) is 5.69 Å². The SMILES string of the molecule is Cc1cccc(-n2nnnc2SC(C)C(=O)N2CCc3sccc3C2)c1. The van der Waals surface area contributed by atoms with E-state index in [1.54, 1.807) is 16.0 Å². The summed E-state index contributed by atoms with van der Waals surface area (Å²) in [5, 5.41) is 14.5. The molecule has 3 aromatic rings. The second-order valence-electron chi connectivity index (χ2n) is 6.35. The highest BCUT2D eigenvalue weighted by Gasteiger charge is 2.27. The van der Waals surface area contributed by atoms with Gasteiger partial charge in [0, 0.05) is 18.0 Å². The molecule has 0 fully saturated rings. The lowest BCUT2D eigenvalue weighted by Gasteiger charge is -2.29. The topological polar surface area (TPSA) is 63.9 Å². The monoisotopic (exact) mass is 385 g/mol. The van der Waals surface area contributed by atoms with Crippen LogP contribution in [-0.4, -0.2) is 42.8 Å². The fraction of sp³-hybridized carbons (Fsp3) is 0.333. The van der Waals surface area contributed by atoms with Crippen LogP contribution in [0.25, 0.3) is 5.69 Å². The van der Waals surface area contributed by atoms with E-state index in [1.165, 1.54) is 22.2 Å². The number of thioether (sulfide) groups is 1. The average Bonchev–Trinajstić information content (AvgIpc) is 3.29. The molecule has 1 aliphatic rings. The molecule has 0 aliphatic carbocycles. The fourth-order valence-corrected chi connectivity index (χ4v) is 4.86. The predicted octanol–water partition coefficient (Wildman–Crippen LogP) is 3.10. The van der Waals surface area contributed by atoms with Gasteiger partial charge in [0.15, 0.2) is 0 Å². The van der Waals surface area contributed by atoms with Gasteiger partial charge in [-0.15, -0.1) is 16.4 Å². The number of aromatic nitrogens is 4. The zero-order valence-corrected chi connectivity index (χ0v) is 16.3. The second kappa shape index (κ2) is 7.20. The summed E-state index contributed by atoms with van der Waals surface area (Å²) in [5.74, 6) is 0.130. The zero-order chi connectivity index (χ0) is 18.1. The van der Waals surface area contributed by atoms with Gasteiger partial charge in [-0.05, 0) is 65.4 Å². The number of hydrogen-bond donors (Lipinski definition) is 0. The quantitative estimate of drug-likeness (QED) is 0.646. The Kier molecular flexibility index (Phi) is 4.78. The number of hydrogen-bond acceptors (Lipinski definition) is 6. The molecule has 1 aliphatic heterocycles. The maximum absolute atomic E-state index is 12.9. The van der Waals surface area contributed by atoms with Gasteiger partial charge in [-0.2, -0.15) is 4.68 Å². The van der Waals surface area contributed by atoms with Crippen molar-refractivity contribution in [1.82, 2.24) is 25.1 Å². The Balaban J connectivity index is 1.48. The van der Waals surface area contributed by atoms with Crippen LogP contribution in [0.4, 0.5) is 0 Å². The minimum absolute atomic E-state index is 0.130. The van der Waals surface area contributed by atoms with E-state index in [0.717, 1.165) is 24.2 Å². The third kappa shape index (κ3) is 3.39. The number of rotatable bonds is 4. The Labute approximate surface area is 160 Å². The molecule has 2 aromatic heterocycles. The highest BCUT2D eigenvalue weighted by molar-refractivity contribution is 8.00. The van der Waals surface area contributed by atoms with Gasteiger partial charge >= 0.3 is 0 Å². The third-order valence-electron chi connectivity index (χ3n) is 4.44. The molecule has 3 heterocycles. The summed E-state index contributed by atoms with van der Waals surface area (Å²) in [7, 11) is 0. The Morgan fingerprint density at radius 3 is 3.08 bits per heavy atom. The Hall–Kier alpha value is -2.19. The van der Waals surface area contributed by atoms with Crippen LogP contribution >= 0.6 is 23.1 Å². The van der Waals surface area contributed by atoms with Gasteiger partial charge in [0.2, 0.25) is 11.1 Å².